The minimum atomic E-state index is -3.33. The molecule has 45 heavy (non-hydrogen) atoms. The number of anilines is 1. The Morgan fingerprint density at radius 1 is 1.04 bits per heavy atom. The molecule has 5 heterocycles. The Balaban J connectivity index is 1.49. The summed E-state index contributed by atoms with van der Waals surface area (Å²) in [4.78, 5) is 25.3. The Morgan fingerprint density at radius 3 is 2.47 bits per heavy atom. The van der Waals surface area contributed by atoms with Crippen LogP contribution in [0.5, 0.6) is 0 Å². The average Bonchev–Trinajstić information content (AvgIpc) is 3.82. The molecule has 3 aliphatic heterocycles. The molecular formula is C34H40F4N6O. The van der Waals surface area contributed by atoms with Crippen LogP contribution < -0.4 is 10.9 Å². The molecule has 11 heteroatoms. The van der Waals surface area contributed by atoms with E-state index in [1.807, 2.05) is 0 Å². The smallest absolute Gasteiger partial charge is 0.278 e. The van der Waals surface area contributed by atoms with Crippen LogP contribution in [0.1, 0.15) is 99.3 Å². The van der Waals surface area contributed by atoms with Gasteiger partial charge < -0.3 is 10.2 Å². The number of rotatable bonds is 2. The van der Waals surface area contributed by atoms with Crippen LogP contribution in [-0.4, -0.2) is 45.7 Å². The highest BCUT2D eigenvalue weighted by Gasteiger charge is 2.48. The molecule has 1 aliphatic carbocycles. The van der Waals surface area contributed by atoms with E-state index < -0.39 is 53.0 Å². The quantitative estimate of drug-likeness (QED) is 0.303. The van der Waals surface area contributed by atoms with Gasteiger partial charge in [-0.3, -0.25) is 9.36 Å². The van der Waals surface area contributed by atoms with Crippen molar-refractivity contribution in [1.29, 1.82) is 5.26 Å². The first-order valence-corrected chi connectivity index (χ1v) is 16.2. The molecule has 8 bridgehead atoms. The number of alkyl halides is 3. The molecular weight excluding hydrogens is 584 g/mol. The van der Waals surface area contributed by atoms with Gasteiger partial charge in [-0.05, 0) is 78.1 Å². The van der Waals surface area contributed by atoms with E-state index in [-0.39, 0.29) is 35.4 Å². The Labute approximate surface area is 260 Å². The van der Waals surface area contributed by atoms with E-state index in [9.17, 15) is 14.4 Å². The fourth-order valence-electron chi connectivity index (χ4n) is 7.18. The summed E-state index contributed by atoms with van der Waals surface area (Å²) in [5, 5.41) is 13.6. The number of hydrogen-bond acceptors (Lipinski definition) is 6. The molecule has 0 amide bonds. The van der Waals surface area contributed by atoms with Crippen molar-refractivity contribution in [1.82, 2.24) is 19.4 Å². The Bertz CT molecular complexity index is 1670. The molecule has 1 aromatic carbocycles. The SMILES string of the molecule is Cc1nc2c3cc(C4(C#N)CC4)c(=O)n(c3n1)C(CF)CCCCCCN1CCC(CC1)C(F)(F)c1cccc(c1F)[C@@H](C)N2. The van der Waals surface area contributed by atoms with Gasteiger partial charge in [0.2, 0.25) is 0 Å². The van der Waals surface area contributed by atoms with Gasteiger partial charge in [-0.15, -0.1) is 0 Å². The van der Waals surface area contributed by atoms with Crippen molar-refractivity contribution in [2.24, 2.45) is 5.92 Å². The first-order valence-electron chi connectivity index (χ1n) is 16.2. The van der Waals surface area contributed by atoms with Crippen molar-refractivity contribution in [3.63, 3.8) is 0 Å². The fourth-order valence-corrected chi connectivity index (χ4v) is 7.18. The predicted octanol–water partition coefficient (Wildman–Crippen LogP) is 7.25. The Kier molecular flexibility index (Phi) is 8.63. The highest BCUT2D eigenvalue weighted by Crippen LogP contribution is 2.47. The third-order valence-electron chi connectivity index (χ3n) is 10.1. The molecule has 7 rings (SSSR count). The molecule has 2 fully saturated rings. The Hall–Kier alpha value is -3.52. The number of fused-ring (bicyclic) bond motifs is 9. The molecule has 2 aromatic heterocycles. The van der Waals surface area contributed by atoms with Crippen LogP contribution in [0.2, 0.25) is 0 Å². The predicted molar refractivity (Wildman–Crippen MR) is 165 cm³/mol. The number of nitriles is 1. The molecule has 1 unspecified atom stereocenters. The third kappa shape index (κ3) is 5.82. The van der Waals surface area contributed by atoms with Gasteiger partial charge in [0.05, 0.1) is 34.5 Å². The summed E-state index contributed by atoms with van der Waals surface area (Å²) >= 11 is 0. The van der Waals surface area contributed by atoms with E-state index in [1.165, 1.54) is 22.8 Å². The topological polar surface area (TPSA) is 86.8 Å². The molecule has 1 N–H and O–H groups in total. The molecule has 7 nitrogen and oxygen atoms in total. The monoisotopic (exact) mass is 624 g/mol. The molecule has 4 aliphatic rings. The number of nitrogens with one attached hydrogen (secondary N) is 1. The van der Waals surface area contributed by atoms with E-state index >= 15 is 13.2 Å². The standard InChI is InChI=1S/C34H40F4N6O/c1-21-25-9-7-10-27(29(25)36)34(37,38)23-11-16-43(17-12-23)15-6-4-3-5-8-24(19-35)44-31-26(30(40-21)41-22(2)42-31)18-28(32(44)45)33(20-39)13-14-33/h7,9-10,18,21,23-24H,3-6,8,11-17,19H2,1-2H3,(H,40,41,42)/t21-,24?/m1/s1. The molecule has 240 valence electrons. The summed E-state index contributed by atoms with van der Waals surface area (Å²) < 4.78 is 64.0. The lowest BCUT2D eigenvalue weighted by Crippen LogP contribution is -2.40. The van der Waals surface area contributed by atoms with Crippen molar-refractivity contribution in [2.75, 3.05) is 31.6 Å². The maximum absolute atomic E-state index is 16.0. The van der Waals surface area contributed by atoms with Crippen molar-refractivity contribution >= 4 is 16.9 Å². The number of pyridine rings is 1. The lowest BCUT2D eigenvalue weighted by atomic mass is 9.85. The molecule has 2 atom stereocenters. The first kappa shape index (κ1) is 31.5. The van der Waals surface area contributed by atoms with Crippen molar-refractivity contribution in [3.05, 3.63) is 63.0 Å². The summed E-state index contributed by atoms with van der Waals surface area (Å²) in [5.41, 5.74) is -1.43. The number of benzene rings is 1. The van der Waals surface area contributed by atoms with Gasteiger partial charge in [-0.2, -0.15) is 5.26 Å². The zero-order valence-corrected chi connectivity index (χ0v) is 25.9. The van der Waals surface area contributed by atoms with Crippen LogP contribution in [0.3, 0.4) is 0 Å². The van der Waals surface area contributed by atoms with E-state index in [4.69, 9.17) is 0 Å². The van der Waals surface area contributed by atoms with E-state index in [1.54, 1.807) is 19.9 Å². The number of halogens is 4. The fraction of sp³-hybridized carbons (Fsp3) is 0.588. The van der Waals surface area contributed by atoms with Crippen molar-refractivity contribution in [3.8, 4) is 6.07 Å². The van der Waals surface area contributed by atoms with Crippen LogP contribution in [0.15, 0.2) is 29.1 Å². The van der Waals surface area contributed by atoms with E-state index in [0.717, 1.165) is 25.8 Å². The van der Waals surface area contributed by atoms with Gasteiger partial charge in [0.15, 0.2) is 0 Å². The first-order chi connectivity index (χ1) is 21.6. The summed E-state index contributed by atoms with van der Waals surface area (Å²) in [6, 6.07) is 6.44. The number of hydrogen-bond donors (Lipinski definition) is 1. The maximum Gasteiger partial charge on any atom is 0.278 e. The van der Waals surface area contributed by atoms with Gasteiger partial charge in [0.25, 0.3) is 11.5 Å². The van der Waals surface area contributed by atoms with Gasteiger partial charge in [-0.25, -0.2) is 27.5 Å². The molecule has 1 saturated carbocycles. The van der Waals surface area contributed by atoms with Crippen LogP contribution in [0, 0.1) is 30.0 Å². The molecule has 3 aromatic rings. The zero-order chi connectivity index (χ0) is 31.9. The van der Waals surface area contributed by atoms with E-state index in [0.29, 0.717) is 50.0 Å². The zero-order valence-electron chi connectivity index (χ0n) is 25.9. The average molecular weight is 625 g/mol. The number of piperidine rings is 1. The number of aryl methyl sites for hydroxylation is 1. The third-order valence-corrected chi connectivity index (χ3v) is 10.1. The van der Waals surface area contributed by atoms with E-state index in [2.05, 4.69) is 26.3 Å². The van der Waals surface area contributed by atoms with Crippen LogP contribution >= 0.6 is 0 Å². The van der Waals surface area contributed by atoms with Crippen molar-refractivity contribution in [2.45, 2.75) is 95.1 Å². The van der Waals surface area contributed by atoms with Gasteiger partial charge >= 0.3 is 0 Å². The van der Waals surface area contributed by atoms with Gasteiger partial charge in [0, 0.05) is 17.0 Å². The summed E-state index contributed by atoms with van der Waals surface area (Å²) in [7, 11) is 0. The maximum atomic E-state index is 16.0. The highest BCUT2D eigenvalue weighted by atomic mass is 19.3. The Morgan fingerprint density at radius 2 is 1.78 bits per heavy atom. The van der Waals surface area contributed by atoms with Crippen molar-refractivity contribution < 1.29 is 17.6 Å². The van der Waals surface area contributed by atoms with Gasteiger partial charge in [-0.1, -0.05) is 37.5 Å². The molecule has 0 radical (unpaired) electrons. The lowest BCUT2D eigenvalue weighted by Gasteiger charge is -2.36. The molecule has 0 spiro atoms. The minimum Gasteiger partial charge on any atom is -0.363 e. The normalized spacial score (nSPS) is 26.5. The molecule has 1 saturated heterocycles. The lowest BCUT2D eigenvalue weighted by molar-refractivity contribution is -0.0880. The summed E-state index contributed by atoms with van der Waals surface area (Å²) in [6.07, 6.45) is 5.36. The van der Waals surface area contributed by atoms with Crippen LogP contribution in [0.25, 0.3) is 11.0 Å². The van der Waals surface area contributed by atoms with Crippen LogP contribution in [-0.2, 0) is 11.3 Å². The van der Waals surface area contributed by atoms with Crippen LogP contribution in [0.4, 0.5) is 23.4 Å². The second kappa shape index (κ2) is 12.3. The largest absolute Gasteiger partial charge is 0.363 e. The number of aromatic nitrogens is 3. The number of nitrogens with zero attached hydrogens (tertiary/aromatic N) is 5. The summed E-state index contributed by atoms with van der Waals surface area (Å²) in [6.45, 7) is 4.40. The minimum absolute atomic E-state index is 0.0609. The second-order valence-electron chi connectivity index (χ2n) is 13.1. The second-order valence-corrected chi connectivity index (χ2v) is 13.1. The van der Waals surface area contributed by atoms with Gasteiger partial charge in [0.1, 0.15) is 29.8 Å². The highest BCUT2D eigenvalue weighted by molar-refractivity contribution is 5.88. The summed E-state index contributed by atoms with van der Waals surface area (Å²) in [5.74, 6) is -4.66.